The summed E-state index contributed by atoms with van der Waals surface area (Å²) in [6, 6.07) is 12.1. The molecule has 0 radical (unpaired) electrons. The van der Waals surface area contributed by atoms with E-state index in [4.69, 9.17) is 27.5 Å². The Morgan fingerprint density at radius 2 is 2.00 bits per heavy atom. The van der Waals surface area contributed by atoms with E-state index in [1.54, 1.807) is 24.3 Å². The Labute approximate surface area is 190 Å². The maximum Gasteiger partial charge on any atom is 0.323 e. The number of nitrogens with two attached hydrogens (primary N) is 1. The molecule has 2 heterocycles. The zero-order valence-electron chi connectivity index (χ0n) is 17.3. The Hall–Kier alpha value is -3.40. The Bertz CT molecular complexity index is 1150. The second-order valence-electron chi connectivity index (χ2n) is 7.37. The van der Waals surface area contributed by atoms with E-state index in [0.717, 1.165) is 49.4 Å². The highest BCUT2D eigenvalue weighted by molar-refractivity contribution is 6.30. The summed E-state index contributed by atoms with van der Waals surface area (Å²) in [5.41, 5.74) is 9.03. The molecule has 1 fully saturated rings. The number of urea groups is 1. The van der Waals surface area contributed by atoms with Crippen molar-refractivity contribution in [3.05, 3.63) is 70.8 Å². The van der Waals surface area contributed by atoms with Gasteiger partial charge in [-0.25, -0.2) is 9.78 Å². The average Bonchev–Trinajstić information content (AvgIpc) is 3.23. The van der Waals surface area contributed by atoms with Gasteiger partial charge in [0.15, 0.2) is 5.82 Å². The van der Waals surface area contributed by atoms with Crippen LogP contribution in [-0.4, -0.2) is 52.9 Å². The van der Waals surface area contributed by atoms with Gasteiger partial charge < -0.3 is 26.1 Å². The van der Waals surface area contributed by atoms with Crippen molar-refractivity contribution in [2.75, 3.05) is 31.6 Å². The van der Waals surface area contributed by atoms with E-state index in [9.17, 15) is 4.79 Å². The number of anilines is 1. The molecule has 2 amide bonds. The fourth-order valence-electron chi connectivity index (χ4n) is 3.42. The van der Waals surface area contributed by atoms with Gasteiger partial charge in [0.2, 0.25) is 0 Å². The van der Waals surface area contributed by atoms with Crippen LogP contribution in [0.4, 0.5) is 10.5 Å². The number of aromatic amines is 1. The molecule has 32 heavy (non-hydrogen) atoms. The van der Waals surface area contributed by atoms with Gasteiger partial charge in [-0.05, 0) is 42.0 Å². The minimum atomic E-state index is -0.530. The van der Waals surface area contributed by atoms with E-state index < -0.39 is 6.03 Å². The summed E-state index contributed by atoms with van der Waals surface area (Å²) < 4.78 is 5.40. The number of allylic oxidation sites excluding steroid dienone is 1. The monoisotopic (exact) mass is 453 g/mol. The lowest BCUT2D eigenvalue weighted by molar-refractivity contribution is 0.0342. The van der Waals surface area contributed by atoms with E-state index in [-0.39, 0.29) is 11.4 Å². The molecule has 0 atom stereocenters. The van der Waals surface area contributed by atoms with Crippen LogP contribution < -0.4 is 16.4 Å². The summed E-state index contributed by atoms with van der Waals surface area (Å²) in [7, 11) is 0. The number of aromatic nitrogens is 2. The summed E-state index contributed by atoms with van der Waals surface area (Å²) >= 11 is 5.86. The van der Waals surface area contributed by atoms with Gasteiger partial charge in [0.1, 0.15) is 5.71 Å². The van der Waals surface area contributed by atoms with Gasteiger partial charge in [0.05, 0.1) is 29.9 Å². The van der Waals surface area contributed by atoms with Crippen LogP contribution >= 0.6 is 11.6 Å². The highest BCUT2D eigenvalue weighted by Crippen LogP contribution is 2.17. The third kappa shape index (κ3) is 5.25. The van der Waals surface area contributed by atoms with Gasteiger partial charge in [-0.2, -0.15) is 0 Å². The standard InChI is InChI=1S/C22H24ClN7O2/c23-15-2-4-16(5-3-15)26-22(31)29-19(12-24)20(25)21-27-17-6-1-14(11-18(17)28-21)13-30-7-9-32-10-8-30/h1-6,11-12,25H,7-10,13,24H2,(H,27,28)(H2,26,29,31)/b19-12+,25-20?. The van der Waals surface area contributed by atoms with E-state index in [1.165, 1.54) is 6.20 Å². The second-order valence-corrected chi connectivity index (χ2v) is 7.80. The first-order valence-electron chi connectivity index (χ1n) is 10.2. The first kappa shape index (κ1) is 21.8. The number of imidazole rings is 1. The number of amides is 2. The topological polar surface area (TPSA) is 132 Å². The number of benzene rings is 2. The number of nitrogens with zero attached hydrogens (tertiary/aromatic N) is 2. The smallest absolute Gasteiger partial charge is 0.323 e. The molecule has 2 aromatic carbocycles. The molecular formula is C22H24ClN7O2. The lowest BCUT2D eigenvalue weighted by atomic mass is 10.2. The fraction of sp³-hybridized carbons (Fsp3) is 0.227. The van der Waals surface area contributed by atoms with Crippen LogP contribution in [0.1, 0.15) is 11.4 Å². The zero-order valence-corrected chi connectivity index (χ0v) is 18.1. The summed E-state index contributed by atoms with van der Waals surface area (Å²) in [4.78, 5) is 22.3. The van der Waals surface area contributed by atoms with E-state index in [2.05, 4.69) is 25.5 Å². The van der Waals surface area contributed by atoms with Gasteiger partial charge in [-0.3, -0.25) is 10.3 Å². The number of nitrogens with one attached hydrogen (secondary N) is 4. The Kier molecular flexibility index (Phi) is 6.69. The summed E-state index contributed by atoms with van der Waals surface area (Å²) in [5.74, 6) is 0.312. The minimum absolute atomic E-state index is 0.0234. The molecular weight excluding hydrogens is 430 g/mol. The molecule has 166 valence electrons. The van der Waals surface area contributed by atoms with Crippen LogP contribution in [0.15, 0.2) is 54.4 Å². The molecule has 0 spiro atoms. The summed E-state index contributed by atoms with van der Waals surface area (Å²) in [6.07, 6.45) is 1.17. The van der Waals surface area contributed by atoms with Crippen LogP contribution in [0.3, 0.4) is 0 Å². The summed E-state index contributed by atoms with van der Waals surface area (Å²) in [6.45, 7) is 4.13. The number of halogens is 1. The second kappa shape index (κ2) is 9.82. The molecule has 1 saturated heterocycles. The third-order valence-electron chi connectivity index (χ3n) is 5.08. The largest absolute Gasteiger partial charge is 0.403 e. The third-order valence-corrected chi connectivity index (χ3v) is 5.33. The minimum Gasteiger partial charge on any atom is -0.403 e. The van der Waals surface area contributed by atoms with Crippen molar-refractivity contribution in [1.29, 1.82) is 5.41 Å². The highest BCUT2D eigenvalue weighted by Gasteiger charge is 2.16. The van der Waals surface area contributed by atoms with Crippen LogP contribution in [0.2, 0.25) is 5.02 Å². The number of carbonyl (C=O) groups excluding carboxylic acids is 1. The maximum absolute atomic E-state index is 12.3. The Morgan fingerprint density at radius 3 is 2.72 bits per heavy atom. The van der Waals surface area contributed by atoms with E-state index in [0.29, 0.717) is 16.5 Å². The Morgan fingerprint density at radius 1 is 1.25 bits per heavy atom. The van der Waals surface area contributed by atoms with Crippen molar-refractivity contribution < 1.29 is 9.53 Å². The lowest BCUT2D eigenvalue weighted by Crippen LogP contribution is -2.35. The molecule has 10 heteroatoms. The number of hydrogen-bond donors (Lipinski definition) is 5. The highest BCUT2D eigenvalue weighted by atomic mass is 35.5. The number of carbonyl (C=O) groups is 1. The van der Waals surface area contributed by atoms with Crippen LogP contribution in [0.5, 0.6) is 0 Å². The number of ether oxygens (including phenoxy) is 1. The van der Waals surface area contributed by atoms with Gasteiger partial charge in [-0.15, -0.1) is 0 Å². The van der Waals surface area contributed by atoms with Crippen molar-refractivity contribution in [1.82, 2.24) is 20.2 Å². The van der Waals surface area contributed by atoms with Gasteiger partial charge >= 0.3 is 6.03 Å². The zero-order chi connectivity index (χ0) is 22.5. The van der Waals surface area contributed by atoms with E-state index >= 15 is 0 Å². The average molecular weight is 454 g/mol. The molecule has 6 N–H and O–H groups in total. The van der Waals surface area contributed by atoms with Crippen molar-refractivity contribution in [3.63, 3.8) is 0 Å². The van der Waals surface area contributed by atoms with Crippen LogP contribution in [0, 0.1) is 5.41 Å². The summed E-state index contributed by atoms with van der Waals surface area (Å²) in [5, 5.41) is 14.3. The number of fused-ring (bicyclic) bond motifs is 1. The van der Waals surface area contributed by atoms with Crippen molar-refractivity contribution in [2.45, 2.75) is 6.54 Å². The van der Waals surface area contributed by atoms with Crippen molar-refractivity contribution in [2.24, 2.45) is 5.73 Å². The van der Waals surface area contributed by atoms with Crippen molar-refractivity contribution >= 4 is 40.1 Å². The maximum atomic E-state index is 12.3. The molecule has 9 nitrogen and oxygen atoms in total. The molecule has 1 aliphatic heterocycles. The molecule has 4 rings (SSSR count). The van der Waals surface area contributed by atoms with E-state index in [1.807, 2.05) is 18.2 Å². The predicted molar refractivity (Wildman–Crippen MR) is 125 cm³/mol. The quantitative estimate of drug-likeness (QED) is 0.366. The van der Waals surface area contributed by atoms with Gasteiger partial charge in [0.25, 0.3) is 0 Å². The molecule has 0 unspecified atom stereocenters. The number of morpholine rings is 1. The molecule has 0 bridgehead atoms. The van der Waals surface area contributed by atoms with Crippen molar-refractivity contribution in [3.8, 4) is 0 Å². The fourth-order valence-corrected chi connectivity index (χ4v) is 3.54. The molecule has 0 aliphatic carbocycles. The lowest BCUT2D eigenvalue weighted by Gasteiger charge is -2.26. The number of H-pyrrole nitrogens is 1. The van der Waals surface area contributed by atoms with Gasteiger partial charge in [0, 0.05) is 36.5 Å². The first-order chi connectivity index (χ1) is 15.5. The SMILES string of the molecule is N=C(/C(=C\N)NC(=O)Nc1ccc(Cl)cc1)c1nc2cc(CN3CCOCC3)ccc2[nH]1. The molecule has 0 saturated carbocycles. The molecule has 3 aromatic rings. The van der Waals surface area contributed by atoms with Crippen LogP contribution in [0.25, 0.3) is 11.0 Å². The Balaban J connectivity index is 1.43. The molecule has 1 aromatic heterocycles. The number of rotatable bonds is 6. The van der Waals surface area contributed by atoms with Crippen LogP contribution in [-0.2, 0) is 11.3 Å². The normalized spacial score (nSPS) is 15.0. The molecule has 1 aliphatic rings. The number of hydrogen-bond acceptors (Lipinski definition) is 6. The first-order valence-corrected chi connectivity index (χ1v) is 10.5. The predicted octanol–water partition coefficient (Wildman–Crippen LogP) is 3.04. The van der Waals surface area contributed by atoms with Gasteiger partial charge in [-0.1, -0.05) is 17.7 Å².